The van der Waals surface area contributed by atoms with Crippen molar-refractivity contribution in [3.63, 3.8) is 0 Å². The fourth-order valence-corrected chi connectivity index (χ4v) is 14.0. The Morgan fingerprint density at radius 1 is 0.511 bits per heavy atom. The molecule has 2 saturated carbocycles. The van der Waals surface area contributed by atoms with Crippen molar-refractivity contribution in [1.82, 2.24) is 39.0 Å². The van der Waals surface area contributed by atoms with Crippen molar-refractivity contribution >= 4 is 63.2 Å². The van der Waals surface area contributed by atoms with Gasteiger partial charge in [-0.2, -0.15) is 19.9 Å². The number of carbonyl (C=O) groups excluding carboxylic acids is 3. The Bertz CT molecular complexity index is 3500. The molecule has 4 aromatic carbocycles. The summed E-state index contributed by atoms with van der Waals surface area (Å²) in [6, 6.07) is 31.6. The zero-order valence-electron chi connectivity index (χ0n) is 49.5. The van der Waals surface area contributed by atoms with Crippen LogP contribution in [0.4, 0.5) is 32.3 Å². The Morgan fingerprint density at radius 2 is 0.898 bits per heavy atom. The number of nitrogens with one attached hydrogen (secondary N) is 2. The predicted molar refractivity (Wildman–Crippen MR) is 330 cm³/mol. The Kier molecular flexibility index (Phi) is 18.0. The van der Waals surface area contributed by atoms with Gasteiger partial charge in [0, 0.05) is 89.6 Å². The summed E-state index contributed by atoms with van der Waals surface area (Å²) in [6.45, 7) is 6.51. The van der Waals surface area contributed by atoms with Gasteiger partial charge in [-0.1, -0.05) is 98.8 Å². The fourth-order valence-electron chi connectivity index (χ4n) is 14.0. The lowest BCUT2D eigenvalue weighted by Crippen LogP contribution is -2.30. The van der Waals surface area contributed by atoms with Crippen molar-refractivity contribution in [2.75, 3.05) is 59.7 Å². The third kappa shape index (κ3) is 12.8. The number of anilines is 4. The highest BCUT2D eigenvalue weighted by molar-refractivity contribution is 5.86. The molecule has 6 heterocycles. The highest BCUT2D eigenvalue weighted by Gasteiger charge is 2.45. The second kappa shape index (κ2) is 26.3. The molecule has 4 aliphatic rings. The first kappa shape index (κ1) is 60.2. The summed E-state index contributed by atoms with van der Waals surface area (Å²) >= 11 is 0. The molecule has 4 fully saturated rings. The summed E-state index contributed by atoms with van der Waals surface area (Å²) in [6.07, 6.45) is 2.48. The minimum absolute atomic E-state index is 0.00801. The summed E-state index contributed by atoms with van der Waals surface area (Å²) in [5.74, 6) is -0.00776. The average molecular weight is 1200 g/mol. The van der Waals surface area contributed by atoms with Gasteiger partial charge >= 0.3 is 0 Å². The third-order valence-corrected chi connectivity index (χ3v) is 18.9. The van der Waals surface area contributed by atoms with E-state index in [2.05, 4.69) is 20.4 Å². The van der Waals surface area contributed by atoms with Crippen molar-refractivity contribution in [2.24, 2.45) is 23.7 Å². The van der Waals surface area contributed by atoms with Gasteiger partial charge in [0.1, 0.15) is 41.2 Å². The van der Waals surface area contributed by atoms with Gasteiger partial charge in [-0.3, -0.25) is 14.4 Å². The van der Waals surface area contributed by atoms with Crippen molar-refractivity contribution in [3.8, 4) is 0 Å². The number of nitrogens with zero attached hydrogens (tertiary/aromatic N) is 10. The molecule has 2 saturated heterocycles. The van der Waals surface area contributed by atoms with Crippen LogP contribution in [0.15, 0.2) is 122 Å². The number of benzene rings is 4. The molecule has 2 aliphatic heterocycles. The minimum Gasteiger partial charge on any atom is -0.390 e. The second-order valence-corrected chi connectivity index (χ2v) is 24.6. The molecule has 0 bridgehead atoms. The van der Waals surface area contributed by atoms with Crippen LogP contribution in [0, 0.1) is 35.3 Å². The van der Waals surface area contributed by atoms with Crippen LogP contribution < -0.4 is 20.4 Å². The molecular weight excluding hydrogens is 1120 g/mol. The van der Waals surface area contributed by atoms with Crippen molar-refractivity contribution < 1.29 is 43.6 Å². The maximum absolute atomic E-state index is 14.2. The molecule has 4 aromatic heterocycles. The molecule has 88 heavy (non-hydrogen) atoms. The lowest BCUT2D eigenvalue weighted by molar-refractivity contribution is -0.121. The Morgan fingerprint density at radius 3 is 1.28 bits per heavy atom. The van der Waals surface area contributed by atoms with Crippen LogP contribution >= 0.6 is 0 Å². The smallest absolute Gasteiger partial charge is 0.229 e. The van der Waals surface area contributed by atoms with Crippen LogP contribution in [0.1, 0.15) is 124 Å². The first-order valence-electron chi connectivity index (χ1n) is 31.0. The number of aliphatic hydroxyl groups excluding tert-OH is 4. The molecule has 21 heteroatoms. The number of aliphatic hydroxyl groups is 4. The van der Waals surface area contributed by atoms with Crippen LogP contribution in [-0.2, 0) is 14.4 Å². The van der Waals surface area contributed by atoms with Crippen LogP contribution in [0.2, 0.25) is 0 Å². The maximum Gasteiger partial charge on any atom is 0.229 e. The molecular formula is C67H76F2N12O7. The molecule has 2 aliphatic carbocycles. The van der Waals surface area contributed by atoms with E-state index in [1.165, 1.54) is 24.3 Å². The zero-order valence-corrected chi connectivity index (χ0v) is 49.5. The lowest BCUT2D eigenvalue weighted by Gasteiger charge is -2.22. The molecule has 0 radical (unpaired) electrons. The monoisotopic (exact) mass is 1200 g/mol. The maximum atomic E-state index is 14.2. The quantitative estimate of drug-likeness (QED) is 0.0331. The van der Waals surface area contributed by atoms with Gasteiger partial charge in [-0.25, -0.2) is 18.7 Å². The van der Waals surface area contributed by atoms with Gasteiger partial charge in [0.2, 0.25) is 11.9 Å². The highest BCUT2D eigenvalue weighted by atomic mass is 19.1. The van der Waals surface area contributed by atoms with E-state index >= 15 is 0 Å². The van der Waals surface area contributed by atoms with E-state index in [0.717, 1.165) is 35.1 Å². The van der Waals surface area contributed by atoms with Gasteiger partial charge in [0.05, 0.1) is 36.9 Å². The minimum atomic E-state index is -1.17. The van der Waals surface area contributed by atoms with Crippen LogP contribution in [-0.4, -0.2) is 140 Å². The number of fused-ring (bicyclic) bond motifs is 2. The van der Waals surface area contributed by atoms with Gasteiger partial charge in [-0.05, 0) is 95.9 Å². The first-order valence-corrected chi connectivity index (χ1v) is 31.0. The third-order valence-electron chi connectivity index (χ3n) is 18.9. The normalized spacial score (nSPS) is 24.4. The van der Waals surface area contributed by atoms with Gasteiger partial charge in [0.15, 0.2) is 34.0 Å². The largest absolute Gasteiger partial charge is 0.390 e. The van der Waals surface area contributed by atoms with Crippen LogP contribution in [0.5, 0.6) is 0 Å². The average Bonchev–Trinajstić information content (AvgIpc) is 1.80. The topological polar surface area (TPSA) is 250 Å². The van der Waals surface area contributed by atoms with E-state index in [1.54, 1.807) is 59.9 Å². The number of rotatable bonds is 24. The Balaban J connectivity index is 0.768. The van der Waals surface area contributed by atoms with E-state index in [0.29, 0.717) is 124 Å². The number of imidazole rings is 2. The highest BCUT2D eigenvalue weighted by Crippen LogP contribution is 2.42. The van der Waals surface area contributed by atoms with Crippen LogP contribution in [0.3, 0.4) is 0 Å². The number of hydrogen-bond acceptors (Lipinski definition) is 17. The Labute approximate surface area is 509 Å². The Hall–Kier alpha value is -8.11. The standard InChI is InChI=1S/C67H76F2N12O7/c1-3-49(82)29-45-31-54(60(87)58(45)85)80-37-72-56-62(70-33-52(41-11-7-5-8-12-41)43-15-19-47(68)20-16-43)74-66(76-64(56)80)78-25-23-39(35-78)27-51(84)28-40-24-26-79(36-40)67-75-63(71-34-53(42-13-9-6-10-14-42)44-17-21-48(69)22-18-44)57-65(77-67)81(38-73-57)55-32-46(30-50(83)4-2)59(86)61(55)88/h5-22,37-40,45-46,52-55,58-61,85-88H,3-4,23-36H2,1-2H3,(H,70,74,76)(H,71,75,77)/t39-,40-,45-,46-,52?,53?,54+,55+,58+,59+,60-,61-/m0/s1. The lowest BCUT2D eigenvalue weighted by atomic mass is 9.91. The molecule has 0 spiro atoms. The second-order valence-electron chi connectivity index (χ2n) is 24.6. The summed E-state index contributed by atoms with van der Waals surface area (Å²) in [4.78, 5) is 73.6. The summed E-state index contributed by atoms with van der Waals surface area (Å²) in [5.41, 5.74) is 5.66. The molecule has 19 nitrogen and oxygen atoms in total. The molecule has 12 rings (SSSR count). The van der Waals surface area contributed by atoms with E-state index in [1.807, 2.05) is 60.7 Å². The van der Waals surface area contributed by atoms with E-state index in [9.17, 15) is 43.6 Å². The molecule has 12 atom stereocenters. The van der Waals surface area contributed by atoms with Crippen molar-refractivity contribution in [3.05, 3.63) is 156 Å². The van der Waals surface area contributed by atoms with E-state index in [4.69, 9.17) is 29.9 Å². The number of Topliss-reactive ketones (excluding diaryl/α,β-unsaturated/α-hetero) is 3. The van der Waals surface area contributed by atoms with E-state index in [-0.39, 0.29) is 65.5 Å². The molecule has 8 aromatic rings. The predicted octanol–water partition coefficient (Wildman–Crippen LogP) is 8.74. The number of ketones is 3. The molecule has 2 unspecified atom stereocenters. The van der Waals surface area contributed by atoms with Gasteiger partial charge < -0.3 is 50.0 Å². The summed E-state index contributed by atoms with van der Waals surface area (Å²) in [5, 5.41) is 52.5. The number of carbonyl (C=O) groups is 3. The SMILES string of the molecule is CCC(=O)C[C@H]1C[C@@H](n2cnc3c(NCC(c4ccccc4)c4ccc(F)cc4)nc(N4CC[C@@H](CC(=O)C[C@@H]5CCN(c6nc(NCC(c7ccccc7)c7ccc(F)cc7)c7ncn([C@@H]8C[C@H](CC(=O)CC)[C@@H](O)[C@H]8O)c7n6)C5)C4)nc32)[C@H](O)[C@@H]1O. The molecule has 460 valence electrons. The number of hydrogen-bond donors (Lipinski definition) is 6. The summed E-state index contributed by atoms with van der Waals surface area (Å²) in [7, 11) is 0. The van der Waals surface area contributed by atoms with Crippen LogP contribution in [0.25, 0.3) is 22.3 Å². The number of halogens is 2. The van der Waals surface area contributed by atoms with Crippen molar-refractivity contribution in [2.45, 2.75) is 126 Å². The van der Waals surface area contributed by atoms with Gasteiger partial charge in [0.25, 0.3) is 0 Å². The molecule has 6 N–H and O–H groups in total. The van der Waals surface area contributed by atoms with Gasteiger partial charge in [-0.15, -0.1) is 0 Å². The zero-order chi connectivity index (χ0) is 61.2. The summed E-state index contributed by atoms with van der Waals surface area (Å²) < 4.78 is 32.0. The van der Waals surface area contributed by atoms with Crippen molar-refractivity contribution in [1.29, 1.82) is 0 Å². The first-order chi connectivity index (χ1) is 42.7. The fraction of sp³-hybridized carbons (Fsp3) is 0.448. The number of aromatic nitrogens is 8. The van der Waals surface area contributed by atoms with E-state index < -0.39 is 48.3 Å². The molecule has 0 amide bonds.